The van der Waals surface area contributed by atoms with Crippen LogP contribution in [-0.2, 0) is 4.74 Å². The third-order valence-electron chi connectivity index (χ3n) is 4.19. The lowest BCUT2D eigenvalue weighted by Crippen LogP contribution is -2.49. The summed E-state index contributed by atoms with van der Waals surface area (Å²) in [6, 6.07) is 1.47. The van der Waals surface area contributed by atoms with E-state index < -0.39 is 0 Å². The molecule has 2 unspecified atom stereocenters. The molecule has 15 heavy (non-hydrogen) atoms. The molecule has 1 saturated carbocycles. The highest BCUT2D eigenvalue weighted by Gasteiger charge is 2.29. The van der Waals surface area contributed by atoms with Crippen molar-refractivity contribution in [2.45, 2.75) is 58.0 Å². The fraction of sp³-hybridized carbons (Fsp3) is 1.00. The van der Waals surface area contributed by atoms with Crippen molar-refractivity contribution in [1.82, 2.24) is 5.32 Å². The standard InChI is InChI=1S/C13H25NO/c1-10-4-3-5-11(2)13(10)14-12-6-8-15-9-7-12/h10-14H,3-9H2,1-2H3. The van der Waals surface area contributed by atoms with Gasteiger partial charge >= 0.3 is 0 Å². The second-order valence-electron chi connectivity index (χ2n) is 5.46. The van der Waals surface area contributed by atoms with Crippen molar-refractivity contribution in [3.8, 4) is 0 Å². The first-order valence-corrected chi connectivity index (χ1v) is 6.61. The van der Waals surface area contributed by atoms with Gasteiger partial charge in [-0.05, 0) is 37.5 Å². The Balaban J connectivity index is 1.84. The third kappa shape index (κ3) is 2.94. The Hall–Kier alpha value is -0.0800. The average molecular weight is 211 g/mol. The Morgan fingerprint density at radius 1 is 0.933 bits per heavy atom. The van der Waals surface area contributed by atoms with Crippen LogP contribution < -0.4 is 5.32 Å². The molecular weight excluding hydrogens is 186 g/mol. The minimum atomic E-state index is 0.715. The lowest BCUT2D eigenvalue weighted by Gasteiger charge is -2.39. The van der Waals surface area contributed by atoms with E-state index in [1.165, 1.54) is 32.1 Å². The predicted octanol–water partition coefficient (Wildman–Crippen LogP) is 2.58. The number of hydrogen-bond donors (Lipinski definition) is 1. The molecule has 0 aromatic heterocycles. The monoisotopic (exact) mass is 211 g/mol. The van der Waals surface area contributed by atoms with E-state index in [0.29, 0.717) is 6.04 Å². The van der Waals surface area contributed by atoms with Crippen LogP contribution in [0.25, 0.3) is 0 Å². The Bertz CT molecular complexity index is 179. The van der Waals surface area contributed by atoms with Gasteiger partial charge in [-0.25, -0.2) is 0 Å². The Morgan fingerprint density at radius 3 is 2.13 bits per heavy atom. The highest BCUT2D eigenvalue weighted by Crippen LogP contribution is 2.29. The first-order valence-electron chi connectivity index (χ1n) is 6.61. The molecule has 0 spiro atoms. The normalized spacial score (nSPS) is 39.2. The highest BCUT2D eigenvalue weighted by molar-refractivity contribution is 4.86. The van der Waals surface area contributed by atoms with Crippen LogP contribution in [0, 0.1) is 11.8 Å². The maximum atomic E-state index is 5.40. The second kappa shape index (κ2) is 5.31. The van der Waals surface area contributed by atoms with E-state index in [0.717, 1.165) is 31.1 Å². The fourth-order valence-electron chi connectivity index (χ4n) is 3.15. The molecule has 2 atom stereocenters. The van der Waals surface area contributed by atoms with Gasteiger partial charge in [0.05, 0.1) is 0 Å². The Kier molecular flexibility index (Phi) is 4.04. The van der Waals surface area contributed by atoms with E-state index in [1.54, 1.807) is 0 Å². The van der Waals surface area contributed by atoms with Gasteiger partial charge in [0.25, 0.3) is 0 Å². The summed E-state index contributed by atoms with van der Waals surface area (Å²) in [6.07, 6.45) is 6.65. The van der Waals surface area contributed by atoms with E-state index in [4.69, 9.17) is 4.74 Å². The summed E-state index contributed by atoms with van der Waals surface area (Å²) in [5.41, 5.74) is 0. The van der Waals surface area contributed by atoms with Gasteiger partial charge in [-0.15, -0.1) is 0 Å². The van der Waals surface area contributed by atoms with E-state index >= 15 is 0 Å². The number of rotatable bonds is 2. The smallest absolute Gasteiger partial charge is 0.0480 e. The molecule has 2 rings (SSSR count). The molecule has 0 amide bonds. The maximum absolute atomic E-state index is 5.40. The summed E-state index contributed by atoms with van der Waals surface area (Å²) in [6.45, 7) is 6.72. The van der Waals surface area contributed by atoms with Crippen molar-refractivity contribution in [3.05, 3.63) is 0 Å². The molecule has 1 saturated heterocycles. The largest absolute Gasteiger partial charge is 0.381 e. The van der Waals surface area contributed by atoms with Crippen molar-refractivity contribution in [3.63, 3.8) is 0 Å². The molecule has 2 heteroatoms. The Morgan fingerprint density at radius 2 is 1.53 bits per heavy atom. The van der Waals surface area contributed by atoms with Gasteiger partial charge in [-0.1, -0.05) is 20.3 Å². The van der Waals surface area contributed by atoms with Crippen LogP contribution in [0.1, 0.15) is 46.0 Å². The van der Waals surface area contributed by atoms with Crippen LogP contribution in [0.15, 0.2) is 0 Å². The van der Waals surface area contributed by atoms with Crippen LogP contribution in [0.3, 0.4) is 0 Å². The fourth-order valence-corrected chi connectivity index (χ4v) is 3.15. The second-order valence-corrected chi connectivity index (χ2v) is 5.46. The molecule has 2 nitrogen and oxygen atoms in total. The number of nitrogens with one attached hydrogen (secondary N) is 1. The predicted molar refractivity (Wildman–Crippen MR) is 62.9 cm³/mol. The van der Waals surface area contributed by atoms with Gasteiger partial charge < -0.3 is 10.1 Å². The van der Waals surface area contributed by atoms with Crippen LogP contribution in [0.5, 0.6) is 0 Å². The Labute approximate surface area is 93.8 Å². The first kappa shape index (κ1) is 11.4. The molecule has 0 aromatic carbocycles. The average Bonchev–Trinajstić information content (AvgIpc) is 2.25. The van der Waals surface area contributed by atoms with Gasteiger partial charge in [-0.2, -0.15) is 0 Å². The molecule has 1 aliphatic heterocycles. The molecule has 1 N–H and O–H groups in total. The zero-order chi connectivity index (χ0) is 10.7. The number of ether oxygens (including phenoxy) is 1. The van der Waals surface area contributed by atoms with Crippen LogP contribution in [0.4, 0.5) is 0 Å². The summed E-state index contributed by atoms with van der Waals surface area (Å²) in [5, 5.41) is 3.88. The van der Waals surface area contributed by atoms with Crippen LogP contribution in [0.2, 0.25) is 0 Å². The molecule has 88 valence electrons. The SMILES string of the molecule is CC1CCCC(C)C1NC1CCOCC1. The van der Waals surface area contributed by atoms with Crippen molar-refractivity contribution >= 4 is 0 Å². The summed E-state index contributed by atoms with van der Waals surface area (Å²) >= 11 is 0. The third-order valence-corrected chi connectivity index (χ3v) is 4.19. The van der Waals surface area contributed by atoms with Gasteiger partial charge in [0.2, 0.25) is 0 Å². The minimum absolute atomic E-state index is 0.715. The van der Waals surface area contributed by atoms with Crippen LogP contribution >= 0.6 is 0 Å². The molecule has 1 heterocycles. The molecule has 0 aromatic rings. The van der Waals surface area contributed by atoms with Gasteiger partial charge in [0, 0.05) is 25.3 Å². The van der Waals surface area contributed by atoms with E-state index in [1.807, 2.05) is 0 Å². The van der Waals surface area contributed by atoms with Crippen molar-refractivity contribution < 1.29 is 4.74 Å². The lowest BCUT2D eigenvalue weighted by atomic mass is 9.78. The molecule has 2 fully saturated rings. The van der Waals surface area contributed by atoms with Gasteiger partial charge in [-0.3, -0.25) is 0 Å². The topological polar surface area (TPSA) is 21.3 Å². The molecule has 2 aliphatic rings. The zero-order valence-corrected chi connectivity index (χ0v) is 10.2. The maximum Gasteiger partial charge on any atom is 0.0480 e. The van der Waals surface area contributed by atoms with Crippen molar-refractivity contribution in [2.24, 2.45) is 11.8 Å². The minimum Gasteiger partial charge on any atom is -0.381 e. The molecule has 0 radical (unpaired) electrons. The van der Waals surface area contributed by atoms with Gasteiger partial charge in [0.1, 0.15) is 0 Å². The highest BCUT2D eigenvalue weighted by atomic mass is 16.5. The molecular formula is C13H25NO. The first-order chi connectivity index (χ1) is 7.27. The van der Waals surface area contributed by atoms with Gasteiger partial charge in [0.15, 0.2) is 0 Å². The summed E-state index contributed by atoms with van der Waals surface area (Å²) in [5.74, 6) is 1.72. The molecule has 0 bridgehead atoms. The quantitative estimate of drug-likeness (QED) is 0.758. The van der Waals surface area contributed by atoms with E-state index in [2.05, 4.69) is 19.2 Å². The van der Waals surface area contributed by atoms with E-state index in [-0.39, 0.29) is 0 Å². The molecule has 1 aliphatic carbocycles. The van der Waals surface area contributed by atoms with Crippen LogP contribution in [-0.4, -0.2) is 25.3 Å². The number of hydrogen-bond acceptors (Lipinski definition) is 2. The summed E-state index contributed by atoms with van der Waals surface area (Å²) < 4.78 is 5.40. The zero-order valence-electron chi connectivity index (χ0n) is 10.2. The van der Waals surface area contributed by atoms with Crippen molar-refractivity contribution in [2.75, 3.05) is 13.2 Å². The van der Waals surface area contributed by atoms with E-state index in [9.17, 15) is 0 Å². The summed E-state index contributed by atoms with van der Waals surface area (Å²) in [7, 11) is 0. The summed E-state index contributed by atoms with van der Waals surface area (Å²) in [4.78, 5) is 0. The van der Waals surface area contributed by atoms with Crippen molar-refractivity contribution in [1.29, 1.82) is 0 Å². The lowest BCUT2D eigenvalue weighted by molar-refractivity contribution is 0.0651.